The van der Waals surface area contributed by atoms with E-state index in [9.17, 15) is 9.59 Å². The zero-order valence-electron chi connectivity index (χ0n) is 15.2. The second-order valence-corrected chi connectivity index (χ2v) is 6.18. The zero-order valence-corrected chi connectivity index (χ0v) is 15.2. The smallest absolute Gasteiger partial charge is 0.338 e. The number of esters is 1. The molecule has 0 aliphatic carbocycles. The fraction of sp³-hybridized carbons (Fsp3) is 0.182. The second-order valence-electron chi connectivity index (χ2n) is 6.18. The second kappa shape index (κ2) is 8.85. The van der Waals surface area contributed by atoms with E-state index in [1.165, 1.54) is 0 Å². The van der Waals surface area contributed by atoms with Crippen molar-refractivity contribution in [1.82, 2.24) is 0 Å². The van der Waals surface area contributed by atoms with Crippen molar-refractivity contribution >= 4 is 34.0 Å². The molecule has 0 heterocycles. The Kier molecular flexibility index (Phi) is 6.05. The van der Waals surface area contributed by atoms with Crippen molar-refractivity contribution in [2.45, 2.75) is 13.3 Å². The molecule has 3 aromatic rings. The summed E-state index contributed by atoms with van der Waals surface area (Å²) in [5.74, 6) is -0.478. The molecule has 5 nitrogen and oxygen atoms in total. The normalized spacial score (nSPS) is 10.4. The third-order valence-electron chi connectivity index (χ3n) is 4.04. The highest BCUT2D eigenvalue weighted by atomic mass is 16.5. The van der Waals surface area contributed by atoms with Crippen LogP contribution in [0.4, 0.5) is 11.4 Å². The largest absolute Gasteiger partial charge is 0.462 e. The Morgan fingerprint density at radius 3 is 2.33 bits per heavy atom. The number of benzene rings is 3. The molecule has 0 bridgehead atoms. The average Bonchev–Trinajstić information content (AvgIpc) is 2.70. The predicted octanol–water partition coefficient (Wildman–Crippen LogP) is 4.46. The number of rotatable bonds is 7. The molecule has 0 aromatic heterocycles. The number of anilines is 2. The molecule has 0 saturated heterocycles. The molecular weight excluding hydrogens is 340 g/mol. The molecule has 5 heteroatoms. The van der Waals surface area contributed by atoms with Gasteiger partial charge in [-0.25, -0.2) is 4.79 Å². The van der Waals surface area contributed by atoms with Crippen LogP contribution in [0.3, 0.4) is 0 Å². The van der Waals surface area contributed by atoms with Crippen LogP contribution in [-0.4, -0.2) is 25.0 Å². The van der Waals surface area contributed by atoms with Gasteiger partial charge in [0.1, 0.15) is 0 Å². The van der Waals surface area contributed by atoms with E-state index < -0.39 is 0 Å². The van der Waals surface area contributed by atoms with Crippen LogP contribution >= 0.6 is 0 Å². The van der Waals surface area contributed by atoms with Gasteiger partial charge in [-0.1, -0.05) is 37.3 Å². The number of carbonyl (C=O) groups is 2. The number of fused-ring (bicyclic) bond motifs is 1. The Morgan fingerprint density at radius 1 is 0.889 bits per heavy atom. The lowest BCUT2D eigenvalue weighted by molar-refractivity contribution is -0.114. The van der Waals surface area contributed by atoms with Crippen LogP contribution in [0.15, 0.2) is 66.7 Å². The lowest BCUT2D eigenvalue weighted by atomic mass is 10.1. The highest BCUT2D eigenvalue weighted by molar-refractivity contribution is 5.96. The van der Waals surface area contributed by atoms with Crippen LogP contribution in [0.25, 0.3) is 10.8 Å². The summed E-state index contributed by atoms with van der Waals surface area (Å²) in [7, 11) is 0. The number of carbonyl (C=O) groups excluding carboxylic acids is 2. The van der Waals surface area contributed by atoms with Gasteiger partial charge in [0.25, 0.3) is 0 Å². The molecule has 3 aromatic carbocycles. The molecular formula is C22H22N2O3. The SMILES string of the molecule is CCCOC(=O)c1ccc(NCC(=O)Nc2ccc3ccccc3c2)cc1. The Morgan fingerprint density at radius 2 is 1.59 bits per heavy atom. The molecule has 138 valence electrons. The van der Waals surface area contributed by atoms with E-state index in [-0.39, 0.29) is 18.4 Å². The molecule has 3 rings (SSSR count). The molecule has 0 unspecified atom stereocenters. The molecule has 0 aliphatic heterocycles. The van der Waals surface area contributed by atoms with Gasteiger partial charge in [0.15, 0.2) is 0 Å². The lowest BCUT2D eigenvalue weighted by Gasteiger charge is -2.09. The van der Waals surface area contributed by atoms with E-state index in [1.807, 2.05) is 49.4 Å². The Labute approximate surface area is 158 Å². The van der Waals surface area contributed by atoms with E-state index in [0.29, 0.717) is 12.2 Å². The first kappa shape index (κ1) is 18.5. The molecule has 0 atom stereocenters. The van der Waals surface area contributed by atoms with Gasteiger partial charge in [-0.15, -0.1) is 0 Å². The first-order valence-electron chi connectivity index (χ1n) is 8.95. The standard InChI is InChI=1S/C22H22N2O3/c1-2-13-27-22(26)17-8-10-19(11-9-17)23-15-21(25)24-20-12-7-16-5-3-4-6-18(16)14-20/h3-12,14,23H,2,13,15H2,1H3,(H,24,25). The lowest BCUT2D eigenvalue weighted by Crippen LogP contribution is -2.21. The summed E-state index contributed by atoms with van der Waals surface area (Å²) in [4.78, 5) is 23.9. The van der Waals surface area contributed by atoms with Gasteiger partial charge in [-0.2, -0.15) is 0 Å². The first-order valence-corrected chi connectivity index (χ1v) is 8.95. The highest BCUT2D eigenvalue weighted by Crippen LogP contribution is 2.18. The van der Waals surface area contributed by atoms with Crippen molar-refractivity contribution in [1.29, 1.82) is 0 Å². The highest BCUT2D eigenvalue weighted by Gasteiger charge is 2.07. The van der Waals surface area contributed by atoms with E-state index >= 15 is 0 Å². The Bertz CT molecular complexity index is 936. The van der Waals surface area contributed by atoms with Crippen molar-refractivity contribution in [3.63, 3.8) is 0 Å². The zero-order chi connectivity index (χ0) is 19.1. The van der Waals surface area contributed by atoms with Gasteiger partial charge in [-0.3, -0.25) is 4.79 Å². The fourth-order valence-corrected chi connectivity index (χ4v) is 2.66. The maximum absolute atomic E-state index is 12.2. The van der Waals surface area contributed by atoms with Crippen LogP contribution in [0.1, 0.15) is 23.7 Å². The van der Waals surface area contributed by atoms with Gasteiger partial charge < -0.3 is 15.4 Å². The van der Waals surface area contributed by atoms with Crippen molar-refractivity contribution < 1.29 is 14.3 Å². The summed E-state index contributed by atoms with van der Waals surface area (Å²) in [6.45, 7) is 2.49. The summed E-state index contributed by atoms with van der Waals surface area (Å²) in [6, 6.07) is 20.7. The molecule has 2 N–H and O–H groups in total. The maximum atomic E-state index is 12.2. The number of hydrogen-bond donors (Lipinski definition) is 2. The third kappa shape index (κ3) is 5.07. The number of nitrogens with one attached hydrogen (secondary N) is 2. The van der Waals surface area contributed by atoms with Crippen LogP contribution in [-0.2, 0) is 9.53 Å². The topological polar surface area (TPSA) is 67.4 Å². The van der Waals surface area contributed by atoms with Crippen molar-refractivity contribution in [2.75, 3.05) is 23.8 Å². The average molecular weight is 362 g/mol. The third-order valence-corrected chi connectivity index (χ3v) is 4.04. The van der Waals surface area contributed by atoms with Crippen LogP contribution in [0.2, 0.25) is 0 Å². The minimum absolute atomic E-state index is 0.131. The quantitative estimate of drug-likeness (QED) is 0.609. The van der Waals surface area contributed by atoms with Gasteiger partial charge >= 0.3 is 5.97 Å². The molecule has 0 spiro atoms. The summed E-state index contributed by atoms with van der Waals surface area (Å²) >= 11 is 0. The summed E-state index contributed by atoms with van der Waals surface area (Å²) < 4.78 is 5.09. The number of amides is 1. The van der Waals surface area contributed by atoms with Crippen LogP contribution < -0.4 is 10.6 Å². The van der Waals surface area contributed by atoms with E-state index in [0.717, 1.165) is 28.6 Å². The van der Waals surface area contributed by atoms with Crippen molar-refractivity contribution in [2.24, 2.45) is 0 Å². The van der Waals surface area contributed by atoms with Gasteiger partial charge in [-0.05, 0) is 53.6 Å². The molecule has 0 fully saturated rings. The van der Waals surface area contributed by atoms with Crippen LogP contribution in [0, 0.1) is 0 Å². The van der Waals surface area contributed by atoms with Gasteiger partial charge in [0.2, 0.25) is 5.91 Å². The molecule has 0 saturated carbocycles. The molecule has 0 aliphatic rings. The summed E-state index contributed by atoms with van der Waals surface area (Å²) in [5.41, 5.74) is 2.01. The Hall–Kier alpha value is -3.34. The summed E-state index contributed by atoms with van der Waals surface area (Å²) in [6.07, 6.45) is 0.789. The van der Waals surface area contributed by atoms with E-state index in [1.54, 1.807) is 24.3 Å². The van der Waals surface area contributed by atoms with E-state index in [2.05, 4.69) is 10.6 Å². The maximum Gasteiger partial charge on any atom is 0.338 e. The Balaban J connectivity index is 1.53. The monoisotopic (exact) mass is 362 g/mol. The summed E-state index contributed by atoms with van der Waals surface area (Å²) in [5, 5.41) is 8.14. The first-order chi connectivity index (χ1) is 13.2. The fourth-order valence-electron chi connectivity index (χ4n) is 2.66. The van der Waals surface area contributed by atoms with Gasteiger partial charge in [0, 0.05) is 11.4 Å². The minimum Gasteiger partial charge on any atom is -0.462 e. The molecule has 27 heavy (non-hydrogen) atoms. The predicted molar refractivity (Wildman–Crippen MR) is 108 cm³/mol. The number of ether oxygens (including phenoxy) is 1. The minimum atomic E-state index is -0.336. The van der Waals surface area contributed by atoms with Gasteiger partial charge in [0.05, 0.1) is 18.7 Å². The molecule has 0 radical (unpaired) electrons. The van der Waals surface area contributed by atoms with Crippen molar-refractivity contribution in [3.8, 4) is 0 Å². The van der Waals surface area contributed by atoms with Crippen LogP contribution in [0.5, 0.6) is 0 Å². The molecule has 1 amide bonds. The number of hydrogen-bond acceptors (Lipinski definition) is 4. The van der Waals surface area contributed by atoms with E-state index in [4.69, 9.17) is 4.74 Å². The van der Waals surface area contributed by atoms with Crippen molar-refractivity contribution in [3.05, 3.63) is 72.3 Å².